The van der Waals surface area contributed by atoms with Gasteiger partial charge in [-0.05, 0) is 65.5 Å². The van der Waals surface area contributed by atoms with Crippen LogP contribution in [0.15, 0.2) is 47.2 Å². The van der Waals surface area contributed by atoms with Crippen LogP contribution >= 0.6 is 15.9 Å². The van der Waals surface area contributed by atoms with Crippen molar-refractivity contribution >= 4 is 49.2 Å². The Morgan fingerprint density at radius 3 is 2.93 bits per heavy atom. The number of anilines is 1. The van der Waals surface area contributed by atoms with Crippen LogP contribution < -0.4 is 5.73 Å². The van der Waals surface area contributed by atoms with Gasteiger partial charge in [0, 0.05) is 39.8 Å². The van der Waals surface area contributed by atoms with Gasteiger partial charge in [0.1, 0.15) is 12.0 Å². The van der Waals surface area contributed by atoms with Gasteiger partial charge in [-0.15, -0.1) is 0 Å². The number of hydrogen-bond acceptors (Lipinski definition) is 5. The molecular weight excluding hydrogens is 451 g/mol. The summed E-state index contributed by atoms with van der Waals surface area (Å²) in [6.45, 7) is 0.663. The molecule has 1 atom stereocenters. The molecule has 8 heteroatoms. The molecule has 0 saturated carbocycles. The zero-order valence-corrected chi connectivity index (χ0v) is 17.5. The Labute approximate surface area is 180 Å². The number of ether oxygens (including phenoxy) is 1. The third-order valence-electron chi connectivity index (χ3n) is 5.46. The molecule has 1 fully saturated rings. The molecule has 0 bridgehead atoms. The highest BCUT2D eigenvalue weighted by molar-refractivity contribution is 9.10. The molecular formula is C22H18BrFN4O2. The molecule has 1 aliphatic heterocycles. The number of fused-ring (bicyclic) bond motifs is 2. The van der Waals surface area contributed by atoms with E-state index in [1.165, 1.54) is 6.07 Å². The molecule has 30 heavy (non-hydrogen) atoms. The molecule has 5 rings (SSSR count). The van der Waals surface area contributed by atoms with Gasteiger partial charge in [-0.2, -0.15) is 5.10 Å². The smallest absolute Gasteiger partial charge is 0.198 e. The van der Waals surface area contributed by atoms with E-state index < -0.39 is 11.6 Å². The number of nitrogens with two attached hydrogens (primary N) is 1. The van der Waals surface area contributed by atoms with Gasteiger partial charge in [0.15, 0.2) is 5.78 Å². The average Bonchev–Trinajstić information content (AvgIpc) is 3.21. The summed E-state index contributed by atoms with van der Waals surface area (Å²) >= 11 is 3.45. The van der Waals surface area contributed by atoms with Crippen LogP contribution in [0, 0.1) is 5.82 Å². The molecule has 1 saturated heterocycles. The van der Waals surface area contributed by atoms with Crippen molar-refractivity contribution < 1.29 is 13.9 Å². The fraction of sp³-hybridized carbons (Fsp3) is 0.227. The van der Waals surface area contributed by atoms with E-state index in [0.29, 0.717) is 32.9 Å². The molecule has 2 aromatic carbocycles. The highest BCUT2D eigenvalue weighted by Gasteiger charge is 2.25. The van der Waals surface area contributed by atoms with Crippen molar-refractivity contribution in [1.82, 2.24) is 14.8 Å². The van der Waals surface area contributed by atoms with Crippen LogP contribution in [-0.2, 0) is 4.74 Å². The number of aromatic nitrogens is 3. The Balaban J connectivity index is 1.66. The topological polar surface area (TPSA) is 83.0 Å². The van der Waals surface area contributed by atoms with E-state index in [0.717, 1.165) is 19.3 Å². The van der Waals surface area contributed by atoms with E-state index in [1.54, 1.807) is 41.3 Å². The molecule has 3 heterocycles. The molecule has 0 radical (unpaired) electrons. The van der Waals surface area contributed by atoms with Gasteiger partial charge in [0.05, 0.1) is 22.3 Å². The summed E-state index contributed by atoms with van der Waals surface area (Å²) in [5.41, 5.74) is 7.92. The first-order valence-corrected chi connectivity index (χ1v) is 10.5. The van der Waals surface area contributed by atoms with Crippen LogP contribution in [0.5, 0.6) is 0 Å². The lowest BCUT2D eigenvalue weighted by Crippen LogP contribution is -2.18. The zero-order valence-electron chi connectivity index (χ0n) is 15.9. The maximum Gasteiger partial charge on any atom is 0.198 e. The molecule has 152 valence electrons. The lowest BCUT2D eigenvalue weighted by atomic mass is 9.96. The predicted octanol–water partition coefficient (Wildman–Crippen LogP) is 5.00. The Morgan fingerprint density at radius 1 is 1.27 bits per heavy atom. The van der Waals surface area contributed by atoms with Gasteiger partial charge in [0.2, 0.25) is 0 Å². The first kappa shape index (κ1) is 19.1. The Hall–Kier alpha value is -2.84. The normalized spacial score (nSPS) is 16.9. The van der Waals surface area contributed by atoms with Crippen LogP contribution in [0.3, 0.4) is 0 Å². The summed E-state index contributed by atoms with van der Waals surface area (Å²) in [4.78, 5) is 17.8. The lowest BCUT2D eigenvalue weighted by Gasteiger charge is -2.22. The van der Waals surface area contributed by atoms with E-state index in [9.17, 15) is 9.18 Å². The Bertz CT molecular complexity index is 1300. The van der Waals surface area contributed by atoms with Gasteiger partial charge in [-0.1, -0.05) is 0 Å². The predicted molar refractivity (Wildman–Crippen MR) is 116 cm³/mol. The molecule has 4 aromatic rings. The first-order valence-electron chi connectivity index (χ1n) is 9.71. The number of pyridine rings is 1. The molecule has 0 aliphatic carbocycles. The van der Waals surface area contributed by atoms with Crippen molar-refractivity contribution in [2.24, 2.45) is 0 Å². The number of halogens is 2. The molecule has 6 nitrogen and oxygen atoms in total. The standard InChI is InChI=1S/C22H18BrFN4O2/c23-15-10-13(20(25)12-4-3-8-26-21(12)15)22(29)19-14-11-28(18-5-1-2-9-30-18)27-17(14)7-6-16(19)24/h3-4,6-8,10-11,18H,1-2,5,9,25H2. The highest BCUT2D eigenvalue weighted by atomic mass is 79.9. The van der Waals surface area contributed by atoms with Gasteiger partial charge >= 0.3 is 0 Å². The van der Waals surface area contributed by atoms with Gasteiger partial charge in [-0.25, -0.2) is 9.07 Å². The SMILES string of the molecule is Nc1c(C(=O)c2c(F)ccc3nn(C4CCCCO4)cc23)cc(Br)c2ncccc12. The minimum absolute atomic E-state index is 0.0450. The number of carbonyl (C=O) groups excluding carboxylic acids is 1. The van der Waals surface area contributed by atoms with Crippen molar-refractivity contribution in [3.63, 3.8) is 0 Å². The average molecular weight is 469 g/mol. The van der Waals surface area contributed by atoms with Crippen molar-refractivity contribution in [3.05, 3.63) is 64.1 Å². The van der Waals surface area contributed by atoms with Gasteiger partial charge < -0.3 is 10.5 Å². The number of nitrogen functional groups attached to an aromatic ring is 1. The fourth-order valence-electron chi connectivity index (χ4n) is 3.95. The maximum absolute atomic E-state index is 14.9. The first-order chi connectivity index (χ1) is 14.5. The Morgan fingerprint density at radius 2 is 2.13 bits per heavy atom. The summed E-state index contributed by atoms with van der Waals surface area (Å²) < 4.78 is 23.0. The van der Waals surface area contributed by atoms with Crippen LogP contribution in [0.25, 0.3) is 21.8 Å². The van der Waals surface area contributed by atoms with Crippen molar-refractivity contribution in [2.75, 3.05) is 12.3 Å². The second kappa shape index (κ2) is 7.45. The van der Waals surface area contributed by atoms with Crippen molar-refractivity contribution in [2.45, 2.75) is 25.5 Å². The summed E-state index contributed by atoms with van der Waals surface area (Å²) in [5.74, 6) is -1.11. The van der Waals surface area contributed by atoms with Gasteiger partial charge in [0.25, 0.3) is 0 Å². The van der Waals surface area contributed by atoms with Gasteiger partial charge in [-0.3, -0.25) is 9.78 Å². The molecule has 0 spiro atoms. The van der Waals surface area contributed by atoms with E-state index in [-0.39, 0.29) is 23.0 Å². The highest BCUT2D eigenvalue weighted by Crippen LogP contribution is 2.34. The molecule has 2 aromatic heterocycles. The third-order valence-corrected chi connectivity index (χ3v) is 6.07. The van der Waals surface area contributed by atoms with Crippen molar-refractivity contribution in [3.8, 4) is 0 Å². The number of ketones is 1. The summed E-state index contributed by atoms with van der Waals surface area (Å²) in [6.07, 6.45) is 6.02. The number of benzene rings is 2. The second-order valence-corrected chi connectivity index (χ2v) is 8.19. The number of carbonyl (C=O) groups is 1. The number of nitrogens with zero attached hydrogens (tertiary/aromatic N) is 3. The molecule has 1 aliphatic rings. The van der Waals surface area contributed by atoms with E-state index in [1.807, 2.05) is 0 Å². The van der Waals surface area contributed by atoms with E-state index >= 15 is 0 Å². The second-order valence-electron chi connectivity index (χ2n) is 7.33. The Kier molecular flexibility index (Phi) is 4.75. The molecule has 0 amide bonds. The maximum atomic E-state index is 14.9. The summed E-state index contributed by atoms with van der Waals surface area (Å²) in [5, 5.41) is 5.60. The number of hydrogen-bond donors (Lipinski definition) is 1. The number of rotatable bonds is 3. The molecule has 1 unspecified atom stereocenters. The zero-order chi connectivity index (χ0) is 20.8. The minimum atomic E-state index is -0.613. The molecule has 2 N–H and O–H groups in total. The summed E-state index contributed by atoms with van der Waals surface area (Å²) in [7, 11) is 0. The fourth-order valence-corrected chi connectivity index (χ4v) is 4.49. The third kappa shape index (κ3) is 3.07. The quantitative estimate of drug-likeness (QED) is 0.337. The minimum Gasteiger partial charge on any atom is -0.398 e. The van der Waals surface area contributed by atoms with Crippen LogP contribution in [-0.4, -0.2) is 27.2 Å². The monoisotopic (exact) mass is 468 g/mol. The van der Waals surface area contributed by atoms with E-state index in [2.05, 4.69) is 26.0 Å². The van der Waals surface area contributed by atoms with Crippen LogP contribution in [0.4, 0.5) is 10.1 Å². The largest absolute Gasteiger partial charge is 0.398 e. The van der Waals surface area contributed by atoms with Crippen LogP contribution in [0.2, 0.25) is 0 Å². The summed E-state index contributed by atoms with van der Waals surface area (Å²) in [6, 6.07) is 7.97. The van der Waals surface area contributed by atoms with Crippen molar-refractivity contribution in [1.29, 1.82) is 0 Å². The van der Waals surface area contributed by atoms with Crippen LogP contribution in [0.1, 0.15) is 41.4 Å². The lowest BCUT2D eigenvalue weighted by molar-refractivity contribution is -0.0390. The van der Waals surface area contributed by atoms with E-state index in [4.69, 9.17) is 10.5 Å².